The van der Waals surface area contributed by atoms with Crippen molar-refractivity contribution < 1.29 is 14.6 Å². The molecule has 3 N–H and O–H groups in total. The third-order valence-electron chi connectivity index (χ3n) is 3.86. The van der Waals surface area contributed by atoms with Crippen LogP contribution in [0, 0.1) is 0 Å². The van der Waals surface area contributed by atoms with E-state index in [9.17, 15) is 9.90 Å². The molecule has 0 spiro atoms. The molecule has 1 unspecified atom stereocenters. The van der Waals surface area contributed by atoms with Crippen LogP contribution in [0.15, 0.2) is 60.2 Å². The molecule has 0 radical (unpaired) electrons. The second kappa shape index (κ2) is 7.36. The first kappa shape index (κ1) is 17.0. The Hall–Kier alpha value is -2.86. The summed E-state index contributed by atoms with van der Waals surface area (Å²) in [6.07, 6.45) is 0. The number of aromatic hydroxyl groups is 1. The van der Waals surface area contributed by atoms with E-state index in [0.29, 0.717) is 16.4 Å². The predicted octanol–water partition coefficient (Wildman–Crippen LogP) is 2.89. The molecule has 0 aliphatic carbocycles. The SMILES string of the molecule is CCOC(=O)C1=C(c2ccccc2)NC(=S)NC1c1ccc(O)cc1. The molecule has 2 aromatic rings. The first-order valence-corrected chi connectivity index (χ1v) is 8.34. The Morgan fingerprint density at radius 3 is 2.48 bits per heavy atom. The van der Waals surface area contributed by atoms with Crippen molar-refractivity contribution in [2.45, 2.75) is 13.0 Å². The number of benzene rings is 2. The minimum absolute atomic E-state index is 0.158. The number of hydrogen-bond acceptors (Lipinski definition) is 4. The van der Waals surface area contributed by atoms with E-state index in [1.54, 1.807) is 31.2 Å². The Morgan fingerprint density at radius 1 is 1.16 bits per heavy atom. The first-order valence-electron chi connectivity index (χ1n) is 7.93. The van der Waals surface area contributed by atoms with E-state index in [-0.39, 0.29) is 12.4 Å². The van der Waals surface area contributed by atoms with Gasteiger partial charge in [-0.15, -0.1) is 0 Å². The average molecular weight is 354 g/mol. The van der Waals surface area contributed by atoms with Crippen molar-refractivity contribution in [3.8, 4) is 5.75 Å². The topological polar surface area (TPSA) is 70.6 Å². The van der Waals surface area contributed by atoms with Crippen molar-refractivity contribution in [1.29, 1.82) is 0 Å². The zero-order valence-corrected chi connectivity index (χ0v) is 14.5. The molecule has 1 heterocycles. The second-order valence-corrected chi connectivity index (χ2v) is 5.91. The molecule has 1 aliphatic heterocycles. The number of carbonyl (C=O) groups is 1. The van der Waals surface area contributed by atoms with Gasteiger partial charge in [0.25, 0.3) is 0 Å². The van der Waals surface area contributed by atoms with Gasteiger partial charge in [0.15, 0.2) is 5.11 Å². The van der Waals surface area contributed by atoms with Crippen molar-refractivity contribution in [1.82, 2.24) is 10.6 Å². The summed E-state index contributed by atoms with van der Waals surface area (Å²) in [5.41, 5.74) is 2.73. The van der Waals surface area contributed by atoms with Crippen LogP contribution in [0.5, 0.6) is 5.75 Å². The molecule has 0 bridgehead atoms. The van der Waals surface area contributed by atoms with Crippen LogP contribution < -0.4 is 10.6 Å². The number of nitrogens with one attached hydrogen (secondary N) is 2. The number of phenols is 1. The van der Waals surface area contributed by atoms with Crippen molar-refractivity contribution >= 4 is 29.0 Å². The molecular formula is C19H18N2O3S. The standard InChI is InChI=1S/C19H18N2O3S/c1-2-24-18(23)15-16(12-6-4-3-5-7-12)20-19(25)21-17(15)13-8-10-14(22)11-9-13/h3-11,17,22H,2H2,1H3,(H2,20,21,25). The van der Waals surface area contributed by atoms with Crippen LogP contribution in [0.25, 0.3) is 5.70 Å². The maximum atomic E-state index is 12.7. The molecule has 0 saturated heterocycles. The van der Waals surface area contributed by atoms with E-state index in [1.165, 1.54) is 0 Å². The molecule has 5 nitrogen and oxygen atoms in total. The number of ether oxygens (including phenoxy) is 1. The number of thiocarbonyl (C=S) groups is 1. The van der Waals surface area contributed by atoms with Crippen LogP contribution >= 0.6 is 12.2 Å². The summed E-state index contributed by atoms with van der Waals surface area (Å²) in [6.45, 7) is 2.04. The molecule has 1 aliphatic rings. The first-order chi connectivity index (χ1) is 12.1. The molecule has 2 aromatic carbocycles. The molecule has 6 heteroatoms. The Morgan fingerprint density at radius 2 is 1.84 bits per heavy atom. The zero-order valence-electron chi connectivity index (χ0n) is 13.7. The summed E-state index contributed by atoms with van der Waals surface area (Å²) in [6, 6.07) is 15.7. The lowest BCUT2D eigenvalue weighted by molar-refractivity contribution is -0.138. The van der Waals surface area contributed by atoms with Gasteiger partial charge in [0.05, 0.1) is 23.9 Å². The van der Waals surface area contributed by atoms with Crippen LogP contribution in [0.2, 0.25) is 0 Å². The fourth-order valence-corrected chi connectivity index (χ4v) is 2.96. The quantitative estimate of drug-likeness (QED) is 0.579. The third-order valence-corrected chi connectivity index (χ3v) is 4.08. The molecule has 25 heavy (non-hydrogen) atoms. The van der Waals surface area contributed by atoms with E-state index < -0.39 is 12.0 Å². The van der Waals surface area contributed by atoms with Crippen LogP contribution in [0.1, 0.15) is 24.1 Å². The van der Waals surface area contributed by atoms with Gasteiger partial charge in [-0.2, -0.15) is 0 Å². The highest BCUT2D eigenvalue weighted by Gasteiger charge is 2.33. The normalized spacial score (nSPS) is 16.8. The molecule has 0 aromatic heterocycles. The summed E-state index contributed by atoms with van der Waals surface area (Å²) in [5, 5.41) is 16.2. The Bertz CT molecular complexity index is 816. The van der Waals surface area contributed by atoms with Crippen LogP contribution in [0.3, 0.4) is 0 Å². The Labute approximate surface area is 151 Å². The number of hydrogen-bond donors (Lipinski definition) is 3. The largest absolute Gasteiger partial charge is 0.508 e. The zero-order chi connectivity index (χ0) is 17.8. The number of rotatable bonds is 4. The molecule has 3 rings (SSSR count). The van der Waals surface area contributed by atoms with Gasteiger partial charge in [-0.05, 0) is 42.4 Å². The van der Waals surface area contributed by atoms with Gasteiger partial charge in [0.2, 0.25) is 0 Å². The monoisotopic (exact) mass is 354 g/mol. The van der Waals surface area contributed by atoms with Gasteiger partial charge < -0.3 is 20.5 Å². The maximum Gasteiger partial charge on any atom is 0.338 e. The molecule has 128 valence electrons. The predicted molar refractivity (Wildman–Crippen MR) is 99.7 cm³/mol. The van der Waals surface area contributed by atoms with E-state index in [4.69, 9.17) is 17.0 Å². The average Bonchev–Trinajstić information content (AvgIpc) is 2.62. The minimum atomic E-state index is -0.469. The molecular weight excluding hydrogens is 336 g/mol. The smallest absolute Gasteiger partial charge is 0.338 e. The van der Waals surface area contributed by atoms with Crippen LogP contribution in [-0.4, -0.2) is 22.8 Å². The van der Waals surface area contributed by atoms with Gasteiger partial charge in [-0.1, -0.05) is 42.5 Å². The number of esters is 1. The van der Waals surface area contributed by atoms with Crippen LogP contribution in [-0.2, 0) is 9.53 Å². The highest BCUT2D eigenvalue weighted by molar-refractivity contribution is 7.80. The van der Waals surface area contributed by atoms with Crippen molar-refractivity contribution in [3.05, 3.63) is 71.3 Å². The van der Waals surface area contributed by atoms with Gasteiger partial charge in [-0.25, -0.2) is 4.79 Å². The fraction of sp³-hybridized carbons (Fsp3) is 0.158. The second-order valence-electron chi connectivity index (χ2n) is 5.50. The van der Waals surface area contributed by atoms with E-state index >= 15 is 0 Å². The lowest BCUT2D eigenvalue weighted by Crippen LogP contribution is -2.45. The fourth-order valence-electron chi connectivity index (χ4n) is 2.74. The summed E-state index contributed by atoms with van der Waals surface area (Å²) in [7, 11) is 0. The van der Waals surface area contributed by atoms with Gasteiger partial charge in [0.1, 0.15) is 5.75 Å². The van der Waals surface area contributed by atoms with Gasteiger partial charge in [0, 0.05) is 0 Å². The summed E-state index contributed by atoms with van der Waals surface area (Å²) in [4.78, 5) is 12.7. The van der Waals surface area contributed by atoms with Crippen molar-refractivity contribution in [2.24, 2.45) is 0 Å². The Kier molecular flexibility index (Phi) is 5.00. The number of phenolic OH excluding ortho intramolecular Hbond substituents is 1. The Balaban J connectivity index is 2.16. The summed E-state index contributed by atoms with van der Waals surface area (Å²) >= 11 is 5.33. The van der Waals surface area contributed by atoms with E-state index in [1.807, 2.05) is 30.3 Å². The molecule has 0 saturated carbocycles. The summed E-state index contributed by atoms with van der Waals surface area (Å²) < 4.78 is 5.27. The van der Waals surface area contributed by atoms with Gasteiger partial charge >= 0.3 is 5.97 Å². The highest BCUT2D eigenvalue weighted by Crippen LogP contribution is 2.32. The van der Waals surface area contributed by atoms with Gasteiger partial charge in [-0.3, -0.25) is 0 Å². The third kappa shape index (κ3) is 3.64. The van der Waals surface area contributed by atoms with Crippen molar-refractivity contribution in [2.75, 3.05) is 6.61 Å². The van der Waals surface area contributed by atoms with Crippen molar-refractivity contribution in [3.63, 3.8) is 0 Å². The number of carbonyl (C=O) groups excluding carboxylic acids is 1. The van der Waals surface area contributed by atoms with E-state index in [0.717, 1.165) is 11.1 Å². The molecule has 0 fully saturated rings. The summed E-state index contributed by atoms with van der Waals surface area (Å²) in [5.74, 6) is -0.257. The highest BCUT2D eigenvalue weighted by atomic mass is 32.1. The molecule has 1 atom stereocenters. The minimum Gasteiger partial charge on any atom is -0.508 e. The van der Waals surface area contributed by atoms with Crippen LogP contribution in [0.4, 0.5) is 0 Å². The lowest BCUT2D eigenvalue weighted by Gasteiger charge is -2.31. The maximum absolute atomic E-state index is 12.7. The lowest BCUT2D eigenvalue weighted by atomic mass is 9.93. The molecule has 0 amide bonds. The van der Waals surface area contributed by atoms with E-state index in [2.05, 4.69) is 10.6 Å².